The van der Waals surface area contributed by atoms with Crippen molar-refractivity contribution in [1.82, 2.24) is 14.5 Å². The van der Waals surface area contributed by atoms with Crippen LogP contribution >= 0.6 is 0 Å². The average Bonchev–Trinajstić information content (AvgIpc) is 3.38. The van der Waals surface area contributed by atoms with Crippen LogP contribution in [0, 0.1) is 6.92 Å². The Labute approximate surface area is 232 Å². The van der Waals surface area contributed by atoms with Gasteiger partial charge in [0.1, 0.15) is 24.4 Å². The Bertz CT molecular complexity index is 1200. The number of ether oxygens (including phenoxy) is 1. The van der Waals surface area contributed by atoms with E-state index in [1.807, 2.05) is 6.92 Å². The van der Waals surface area contributed by atoms with Crippen LogP contribution in [0.2, 0.25) is 0 Å². The highest BCUT2D eigenvalue weighted by Crippen LogP contribution is 2.26. The predicted molar refractivity (Wildman–Crippen MR) is 150 cm³/mol. The van der Waals surface area contributed by atoms with E-state index in [1.54, 1.807) is 36.4 Å². The lowest BCUT2D eigenvalue weighted by atomic mass is 10.1. The van der Waals surface area contributed by atoms with Gasteiger partial charge in [-0.1, -0.05) is 29.8 Å². The van der Waals surface area contributed by atoms with Gasteiger partial charge in [0.05, 0.1) is 4.90 Å². The van der Waals surface area contributed by atoms with Crippen LogP contribution in [0.25, 0.3) is 0 Å². The summed E-state index contributed by atoms with van der Waals surface area (Å²) in [4.78, 5) is 27.6. The zero-order valence-corrected chi connectivity index (χ0v) is 24.3. The van der Waals surface area contributed by atoms with E-state index < -0.39 is 34.0 Å². The fourth-order valence-electron chi connectivity index (χ4n) is 4.94. The molecular formula is C29H41N3O6S. The zero-order chi connectivity index (χ0) is 28.7. The highest BCUT2D eigenvalue weighted by atomic mass is 32.2. The molecule has 3 rings (SSSR count). The van der Waals surface area contributed by atoms with E-state index in [-0.39, 0.29) is 17.9 Å². The van der Waals surface area contributed by atoms with Crippen molar-refractivity contribution in [2.75, 3.05) is 19.7 Å². The molecule has 2 aromatic carbocycles. The van der Waals surface area contributed by atoms with Crippen LogP contribution in [-0.2, 0) is 26.0 Å². The lowest BCUT2D eigenvalue weighted by molar-refractivity contribution is -0.142. The first-order valence-electron chi connectivity index (χ1n) is 13.5. The molecule has 1 aliphatic heterocycles. The Balaban J connectivity index is 1.61. The van der Waals surface area contributed by atoms with Gasteiger partial charge in [-0.25, -0.2) is 13.2 Å². The number of carbonyl (C=O) groups is 2. The van der Waals surface area contributed by atoms with Crippen molar-refractivity contribution < 1.29 is 27.9 Å². The standard InChI is InChI=1S/C29H41N3O6S/c1-20(2)31(21(3)4)17-18-38-24-12-10-23(11-13-24)19-26(29(34)35)30-28(33)27-7-6-16-32(27)39(36,37)25-14-8-22(5)9-15-25/h8-15,20-21,26-27H,6-7,16-19H2,1-5H3,(H,30,33)(H,34,35)/t26-,27-/m0/s1. The largest absolute Gasteiger partial charge is 0.492 e. The van der Waals surface area contributed by atoms with Crippen LogP contribution in [0.3, 0.4) is 0 Å². The quantitative estimate of drug-likeness (QED) is 0.386. The van der Waals surface area contributed by atoms with Crippen LogP contribution in [0.1, 0.15) is 51.7 Å². The van der Waals surface area contributed by atoms with Gasteiger partial charge in [0.2, 0.25) is 15.9 Å². The molecule has 2 atom stereocenters. The van der Waals surface area contributed by atoms with E-state index in [1.165, 1.54) is 16.4 Å². The lowest BCUT2D eigenvalue weighted by Gasteiger charge is -2.30. The number of amides is 1. The molecule has 0 radical (unpaired) electrons. The molecule has 1 saturated heterocycles. The van der Waals surface area contributed by atoms with Crippen molar-refractivity contribution in [2.45, 2.75) is 82.9 Å². The third kappa shape index (κ3) is 8.03. The van der Waals surface area contributed by atoms with Gasteiger partial charge in [0.25, 0.3) is 0 Å². The first-order chi connectivity index (χ1) is 18.4. The number of sulfonamides is 1. The molecule has 10 heteroatoms. The maximum Gasteiger partial charge on any atom is 0.326 e. The summed E-state index contributed by atoms with van der Waals surface area (Å²) in [5, 5.41) is 12.4. The zero-order valence-electron chi connectivity index (χ0n) is 23.5. The minimum Gasteiger partial charge on any atom is -0.492 e. The van der Waals surface area contributed by atoms with Crippen LogP contribution in [0.15, 0.2) is 53.4 Å². The Hall–Kier alpha value is -2.95. The predicted octanol–water partition coefficient (Wildman–Crippen LogP) is 3.46. The second-order valence-electron chi connectivity index (χ2n) is 10.6. The lowest BCUT2D eigenvalue weighted by Crippen LogP contribution is -2.51. The Kier molecular flexibility index (Phi) is 10.5. The number of nitrogens with one attached hydrogen (secondary N) is 1. The van der Waals surface area contributed by atoms with E-state index in [9.17, 15) is 23.1 Å². The molecule has 0 aliphatic carbocycles. The summed E-state index contributed by atoms with van der Waals surface area (Å²) < 4.78 is 33.4. The maximum absolute atomic E-state index is 13.2. The first-order valence-corrected chi connectivity index (χ1v) is 14.9. The second-order valence-corrected chi connectivity index (χ2v) is 12.5. The molecule has 39 heavy (non-hydrogen) atoms. The molecule has 214 valence electrons. The van der Waals surface area contributed by atoms with E-state index in [0.717, 1.165) is 17.7 Å². The number of benzene rings is 2. The number of carboxylic acids is 1. The van der Waals surface area contributed by atoms with Crippen LogP contribution in [0.5, 0.6) is 5.75 Å². The molecule has 1 fully saturated rings. The highest BCUT2D eigenvalue weighted by Gasteiger charge is 2.40. The average molecular weight is 560 g/mol. The summed E-state index contributed by atoms with van der Waals surface area (Å²) in [5.41, 5.74) is 1.65. The number of hydrogen-bond acceptors (Lipinski definition) is 6. The molecule has 0 bridgehead atoms. The molecule has 0 aromatic heterocycles. The number of aliphatic carboxylic acids is 1. The summed E-state index contributed by atoms with van der Waals surface area (Å²) in [5.74, 6) is -1.10. The molecule has 0 saturated carbocycles. The molecule has 2 N–H and O–H groups in total. The van der Waals surface area contributed by atoms with Crippen LogP contribution in [0.4, 0.5) is 0 Å². The van der Waals surface area contributed by atoms with Crippen molar-refractivity contribution in [3.8, 4) is 5.75 Å². The van der Waals surface area contributed by atoms with Crippen molar-refractivity contribution in [2.24, 2.45) is 0 Å². The molecular weight excluding hydrogens is 518 g/mol. The normalized spacial score (nSPS) is 17.1. The maximum atomic E-state index is 13.2. The SMILES string of the molecule is Cc1ccc(S(=O)(=O)N2CCC[C@H]2C(=O)N[C@@H](Cc2ccc(OCCN(C(C)C)C(C)C)cc2)C(=O)O)cc1. The van der Waals surface area contributed by atoms with E-state index >= 15 is 0 Å². The first kappa shape index (κ1) is 30.6. The fourth-order valence-corrected chi connectivity index (χ4v) is 6.60. The van der Waals surface area contributed by atoms with Crippen LogP contribution < -0.4 is 10.1 Å². The van der Waals surface area contributed by atoms with E-state index in [2.05, 4.69) is 37.9 Å². The monoisotopic (exact) mass is 559 g/mol. The van der Waals surface area contributed by atoms with Crippen molar-refractivity contribution >= 4 is 21.9 Å². The van der Waals surface area contributed by atoms with Gasteiger partial charge in [-0.3, -0.25) is 9.69 Å². The van der Waals surface area contributed by atoms with Gasteiger partial charge in [-0.15, -0.1) is 0 Å². The topological polar surface area (TPSA) is 116 Å². The second kappa shape index (κ2) is 13.4. The number of rotatable bonds is 13. The molecule has 2 aromatic rings. The summed E-state index contributed by atoms with van der Waals surface area (Å²) in [6, 6.07) is 12.3. The molecule has 0 spiro atoms. The number of nitrogens with zero attached hydrogens (tertiary/aromatic N) is 2. The van der Waals surface area contributed by atoms with Crippen molar-refractivity contribution in [1.29, 1.82) is 0 Å². The minimum absolute atomic E-state index is 0.0628. The molecule has 0 unspecified atom stereocenters. The smallest absolute Gasteiger partial charge is 0.326 e. The highest BCUT2D eigenvalue weighted by molar-refractivity contribution is 7.89. The minimum atomic E-state index is -3.88. The van der Waals surface area contributed by atoms with Gasteiger partial charge in [-0.2, -0.15) is 4.31 Å². The van der Waals surface area contributed by atoms with Gasteiger partial charge in [0, 0.05) is 31.6 Å². The fraction of sp³-hybridized carbons (Fsp3) is 0.517. The Morgan fingerprint density at radius 1 is 1.05 bits per heavy atom. The Morgan fingerprint density at radius 3 is 2.23 bits per heavy atom. The molecule has 9 nitrogen and oxygen atoms in total. The summed E-state index contributed by atoms with van der Waals surface area (Å²) in [6.07, 6.45) is 0.919. The number of hydrogen-bond donors (Lipinski definition) is 2. The summed E-state index contributed by atoms with van der Waals surface area (Å²) >= 11 is 0. The van der Waals surface area contributed by atoms with Crippen LogP contribution in [-0.4, -0.2) is 78.5 Å². The third-order valence-electron chi connectivity index (χ3n) is 7.06. The van der Waals surface area contributed by atoms with Gasteiger partial charge in [-0.05, 0) is 77.3 Å². The van der Waals surface area contributed by atoms with E-state index in [0.29, 0.717) is 37.3 Å². The molecule has 1 amide bonds. The molecule has 1 heterocycles. The number of carboxylic acid groups (broad SMARTS) is 1. The number of aryl methyl sites for hydroxylation is 1. The van der Waals surface area contributed by atoms with Gasteiger partial charge in [0.15, 0.2) is 0 Å². The summed E-state index contributed by atoms with van der Waals surface area (Å²) in [6.45, 7) is 12.0. The van der Waals surface area contributed by atoms with Gasteiger partial charge < -0.3 is 15.2 Å². The van der Waals surface area contributed by atoms with Crippen molar-refractivity contribution in [3.63, 3.8) is 0 Å². The van der Waals surface area contributed by atoms with Gasteiger partial charge >= 0.3 is 5.97 Å². The number of carbonyl (C=O) groups excluding carboxylic acids is 1. The summed E-state index contributed by atoms with van der Waals surface area (Å²) in [7, 11) is -3.88. The molecule has 1 aliphatic rings. The Morgan fingerprint density at radius 2 is 1.67 bits per heavy atom. The van der Waals surface area contributed by atoms with E-state index in [4.69, 9.17) is 4.74 Å². The van der Waals surface area contributed by atoms with Crippen molar-refractivity contribution in [3.05, 3.63) is 59.7 Å². The third-order valence-corrected chi connectivity index (χ3v) is 8.98.